The number of hydrogen-bond acceptors (Lipinski definition) is 2. The lowest BCUT2D eigenvalue weighted by molar-refractivity contribution is 0.510. The van der Waals surface area contributed by atoms with Gasteiger partial charge < -0.3 is 9.80 Å². The predicted octanol–water partition coefficient (Wildman–Crippen LogP) is 18.4. The van der Waals surface area contributed by atoms with Crippen molar-refractivity contribution in [2.24, 2.45) is 5.41 Å². The number of fused-ring (bicyclic) bond motifs is 8. The topological polar surface area (TPSA) is 6.48 Å². The molecule has 340 valence electrons. The average Bonchev–Trinajstić information content (AvgIpc) is 3.69. The van der Waals surface area contributed by atoms with Crippen LogP contribution < -0.4 is 9.80 Å². The second-order valence-corrected chi connectivity index (χ2v) is 23.1. The van der Waals surface area contributed by atoms with Crippen molar-refractivity contribution in [1.29, 1.82) is 0 Å². The van der Waals surface area contributed by atoms with E-state index in [-0.39, 0.29) is 27.7 Å². The van der Waals surface area contributed by atoms with Gasteiger partial charge in [-0.3, -0.25) is 0 Å². The Balaban J connectivity index is 1.06. The highest BCUT2D eigenvalue weighted by Gasteiger charge is 2.38. The summed E-state index contributed by atoms with van der Waals surface area (Å²) < 4.78 is 0. The third-order valence-electron chi connectivity index (χ3n) is 16.1. The lowest BCUT2D eigenvalue weighted by Crippen LogP contribution is -2.31. The van der Waals surface area contributed by atoms with Gasteiger partial charge in [0.2, 0.25) is 0 Å². The van der Waals surface area contributed by atoms with Gasteiger partial charge in [0, 0.05) is 39.3 Å². The van der Waals surface area contributed by atoms with Crippen LogP contribution in [0.15, 0.2) is 169 Å². The molecule has 1 unspecified atom stereocenters. The number of rotatable bonds is 6. The molecular formula is C66H66N2. The Hall–Kier alpha value is -6.64. The zero-order chi connectivity index (χ0) is 47.7. The molecule has 0 bridgehead atoms. The molecule has 0 heterocycles. The highest BCUT2D eigenvalue weighted by atomic mass is 15.2. The summed E-state index contributed by atoms with van der Waals surface area (Å²) in [7, 11) is 0. The maximum atomic E-state index is 2.61. The van der Waals surface area contributed by atoms with Gasteiger partial charge in [0.05, 0.1) is 6.04 Å². The Kier molecular flexibility index (Phi) is 9.97. The van der Waals surface area contributed by atoms with Crippen LogP contribution in [-0.2, 0) is 16.2 Å². The molecular weight excluding hydrogens is 821 g/mol. The molecule has 68 heavy (non-hydrogen) atoms. The quantitative estimate of drug-likeness (QED) is 0.154. The summed E-state index contributed by atoms with van der Waals surface area (Å²) in [5.41, 5.74) is 22.2. The third kappa shape index (κ3) is 6.89. The Labute approximate surface area is 405 Å². The highest BCUT2D eigenvalue weighted by molar-refractivity contribution is 6.08. The van der Waals surface area contributed by atoms with Crippen molar-refractivity contribution in [3.05, 3.63) is 208 Å². The lowest BCUT2D eigenvalue weighted by atomic mass is 9.81. The zero-order valence-corrected chi connectivity index (χ0v) is 42.3. The standard InChI is InChI=1S/C66H66N2/c1-41-51-33-29-47(67(45-25-21-43(22-26-45)63(3,4)5)49-31-35-55-53-17-13-15-19-59(53)65(9,10)61(55)39-49)37-57(51)42(2)58-38-48(30-34-52(41)58)68(46-27-23-44(24-28-46)64(6,7)8)50-32-36-56-54-18-14-16-20-60(54)66(11,12)62(56)40-50/h13-27,29-40,46H,28H2,1-12H3. The van der Waals surface area contributed by atoms with E-state index in [9.17, 15) is 0 Å². The normalized spacial score (nSPS) is 16.6. The van der Waals surface area contributed by atoms with E-state index in [0.29, 0.717) is 0 Å². The first-order valence-electron chi connectivity index (χ1n) is 24.9. The molecule has 0 saturated heterocycles. The predicted molar refractivity (Wildman–Crippen MR) is 293 cm³/mol. The molecule has 0 saturated carbocycles. The minimum absolute atomic E-state index is 0.0577. The van der Waals surface area contributed by atoms with Crippen molar-refractivity contribution in [3.63, 3.8) is 0 Å². The van der Waals surface area contributed by atoms with Crippen LogP contribution in [-0.4, -0.2) is 6.04 Å². The number of benzene rings is 8. The molecule has 11 rings (SSSR count). The Bertz CT molecular complexity index is 3410. The first kappa shape index (κ1) is 43.9. The van der Waals surface area contributed by atoms with Crippen LogP contribution in [0.3, 0.4) is 0 Å². The van der Waals surface area contributed by atoms with Crippen LogP contribution in [0.1, 0.15) is 115 Å². The first-order chi connectivity index (χ1) is 32.3. The van der Waals surface area contributed by atoms with Crippen molar-refractivity contribution in [3.8, 4) is 22.3 Å². The van der Waals surface area contributed by atoms with Gasteiger partial charge >= 0.3 is 0 Å². The molecule has 2 nitrogen and oxygen atoms in total. The summed E-state index contributed by atoms with van der Waals surface area (Å²) in [5, 5.41) is 5.19. The summed E-state index contributed by atoms with van der Waals surface area (Å²) >= 11 is 0. The van der Waals surface area contributed by atoms with Crippen molar-refractivity contribution in [2.45, 2.75) is 112 Å². The summed E-state index contributed by atoms with van der Waals surface area (Å²) in [6, 6.07) is 56.1. The van der Waals surface area contributed by atoms with Gasteiger partial charge in [-0.15, -0.1) is 0 Å². The van der Waals surface area contributed by atoms with E-state index in [4.69, 9.17) is 0 Å². The Morgan fingerprint density at radius 3 is 1.43 bits per heavy atom. The van der Waals surface area contributed by atoms with Gasteiger partial charge in [0.25, 0.3) is 0 Å². The molecule has 1 atom stereocenters. The van der Waals surface area contributed by atoms with Crippen LogP contribution in [0.25, 0.3) is 43.8 Å². The minimum Gasteiger partial charge on any atom is -0.334 e. The van der Waals surface area contributed by atoms with Crippen LogP contribution in [0.5, 0.6) is 0 Å². The fourth-order valence-corrected chi connectivity index (χ4v) is 12.0. The number of anilines is 5. The zero-order valence-electron chi connectivity index (χ0n) is 42.3. The monoisotopic (exact) mass is 887 g/mol. The van der Waals surface area contributed by atoms with E-state index in [1.807, 2.05) is 0 Å². The third-order valence-corrected chi connectivity index (χ3v) is 16.1. The maximum absolute atomic E-state index is 2.61. The molecule has 3 aliphatic rings. The van der Waals surface area contributed by atoms with Gasteiger partial charge in [-0.05, 0) is 180 Å². The van der Waals surface area contributed by atoms with Gasteiger partial charge in [-0.25, -0.2) is 0 Å². The van der Waals surface area contributed by atoms with Crippen molar-refractivity contribution < 1.29 is 0 Å². The van der Waals surface area contributed by atoms with E-state index in [0.717, 1.165) is 17.8 Å². The SMILES string of the molecule is Cc1c2ccc(N(c3ccc(C(C)(C)C)cc3)c3ccc4c(c3)C(C)(C)c3ccccc3-4)cc2c(C)c2cc(N(c3ccc4c(c3)C(C)(C)c3ccccc3-4)C3C=CC(C(C)(C)C)=CC3)ccc12. The molecule has 0 fully saturated rings. The highest BCUT2D eigenvalue weighted by Crippen LogP contribution is 2.53. The summed E-state index contributed by atoms with van der Waals surface area (Å²) in [6.07, 6.45) is 8.24. The van der Waals surface area contributed by atoms with Crippen LogP contribution in [0.4, 0.5) is 28.4 Å². The molecule has 0 aromatic heterocycles. The van der Waals surface area contributed by atoms with Gasteiger partial charge in [-0.2, -0.15) is 0 Å². The minimum atomic E-state index is -0.106. The first-order valence-corrected chi connectivity index (χ1v) is 24.9. The molecule has 0 radical (unpaired) electrons. The average molecular weight is 887 g/mol. The molecule has 8 aromatic rings. The van der Waals surface area contributed by atoms with Gasteiger partial charge in [-0.1, -0.05) is 172 Å². The van der Waals surface area contributed by atoms with Gasteiger partial charge in [0.15, 0.2) is 0 Å². The maximum Gasteiger partial charge on any atom is 0.0560 e. The van der Waals surface area contributed by atoms with Crippen LogP contribution in [0, 0.1) is 19.3 Å². The summed E-state index contributed by atoms with van der Waals surface area (Å²) in [6.45, 7) is 28.0. The van der Waals surface area contributed by atoms with Gasteiger partial charge in [0.1, 0.15) is 0 Å². The summed E-state index contributed by atoms with van der Waals surface area (Å²) in [5.74, 6) is 0. The van der Waals surface area contributed by atoms with E-state index in [1.165, 1.54) is 105 Å². The molecule has 3 aliphatic carbocycles. The number of hydrogen-bond donors (Lipinski definition) is 0. The second-order valence-electron chi connectivity index (χ2n) is 23.1. The second kappa shape index (κ2) is 15.4. The molecule has 0 N–H and O–H groups in total. The molecule has 8 aromatic carbocycles. The van der Waals surface area contributed by atoms with E-state index >= 15 is 0 Å². The lowest BCUT2D eigenvalue weighted by Gasteiger charge is -2.36. The fourth-order valence-electron chi connectivity index (χ4n) is 12.0. The number of allylic oxidation sites excluding steroid dienone is 2. The van der Waals surface area contributed by atoms with Crippen LogP contribution >= 0.6 is 0 Å². The Morgan fingerprint density at radius 2 is 0.882 bits per heavy atom. The van der Waals surface area contributed by atoms with E-state index < -0.39 is 0 Å². The van der Waals surface area contributed by atoms with Crippen LogP contribution in [0.2, 0.25) is 0 Å². The smallest absolute Gasteiger partial charge is 0.0560 e. The Morgan fingerprint density at radius 1 is 0.441 bits per heavy atom. The molecule has 2 heteroatoms. The number of aryl methyl sites for hydroxylation is 2. The van der Waals surface area contributed by atoms with Crippen molar-refractivity contribution >= 4 is 50.0 Å². The number of nitrogens with zero attached hydrogens (tertiary/aromatic N) is 2. The fraction of sp³-hybridized carbons (Fsp3) is 0.273. The van der Waals surface area contributed by atoms with E-state index in [1.54, 1.807) is 0 Å². The largest absolute Gasteiger partial charge is 0.334 e. The van der Waals surface area contributed by atoms with Crippen molar-refractivity contribution in [1.82, 2.24) is 0 Å². The van der Waals surface area contributed by atoms with Crippen molar-refractivity contribution in [2.75, 3.05) is 9.80 Å². The molecule has 0 spiro atoms. The summed E-state index contributed by atoms with van der Waals surface area (Å²) in [4.78, 5) is 5.09. The van der Waals surface area contributed by atoms with E-state index in [2.05, 4.69) is 257 Å². The molecule has 0 amide bonds. The molecule has 0 aliphatic heterocycles.